The predicted molar refractivity (Wildman–Crippen MR) is 47.8 cm³/mol. The highest BCUT2D eigenvalue weighted by atomic mass is 79.9. The minimum Gasteiger partial charge on any atom is -0.368 e. The van der Waals surface area contributed by atoms with Crippen LogP contribution < -0.4 is 0 Å². The molecule has 1 aliphatic heterocycles. The lowest BCUT2D eigenvalue weighted by Gasteiger charge is -1.99. The summed E-state index contributed by atoms with van der Waals surface area (Å²) in [4.78, 5) is 0. The van der Waals surface area contributed by atoms with Gasteiger partial charge in [-0.1, -0.05) is 33.6 Å². The molecule has 3 heteroatoms. The van der Waals surface area contributed by atoms with Crippen LogP contribution in [0.3, 0.4) is 0 Å². The Labute approximate surface area is 78.4 Å². The molecule has 1 aromatic rings. The van der Waals surface area contributed by atoms with E-state index in [4.69, 9.17) is 16.3 Å². The van der Waals surface area contributed by atoms with E-state index >= 15 is 0 Å². The van der Waals surface area contributed by atoms with Crippen molar-refractivity contribution < 1.29 is 4.74 Å². The van der Waals surface area contributed by atoms with Crippen LogP contribution in [0.4, 0.5) is 0 Å². The third-order valence-electron chi connectivity index (χ3n) is 1.64. The van der Waals surface area contributed by atoms with E-state index in [0.717, 1.165) is 16.1 Å². The molecule has 0 amide bonds. The molecule has 0 N–H and O–H groups in total. The van der Waals surface area contributed by atoms with Crippen LogP contribution in [0.15, 0.2) is 22.7 Å². The van der Waals surface area contributed by atoms with E-state index in [1.165, 1.54) is 5.56 Å². The normalized spacial score (nSPS) is 21.8. The van der Waals surface area contributed by atoms with Gasteiger partial charge in [0.2, 0.25) is 0 Å². The van der Waals surface area contributed by atoms with Crippen LogP contribution in [-0.2, 0) is 4.74 Å². The summed E-state index contributed by atoms with van der Waals surface area (Å²) in [5.74, 6) is 0. The minimum absolute atomic E-state index is 0.293. The molecule has 0 spiro atoms. The first kappa shape index (κ1) is 7.59. The molecule has 0 aliphatic carbocycles. The van der Waals surface area contributed by atoms with E-state index in [2.05, 4.69) is 15.9 Å². The molecule has 11 heavy (non-hydrogen) atoms. The second-order valence-electron chi connectivity index (χ2n) is 2.49. The van der Waals surface area contributed by atoms with Crippen molar-refractivity contribution in [2.75, 3.05) is 6.61 Å². The lowest BCUT2D eigenvalue weighted by molar-refractivity contribution is 0.415. The van der Waals surface area contributed by atoms with Crippen LogP contribution in [0, 0.1) is 0 Å². The molecule has 0 aromatic heterocycles. The topological polar surface area (TPSA) is 12.5 Å². The maximum Gasteiger partial charge on any atom is 0.107 e. The molecule has 1 atom stereocenters. The second-order valence-corrected chi connectivity index (χ2v) is 3.78. The Morgan fingerprint density at radius 2 is 2.27 bits per heavy atom. The van der Waals surface area contributed by atoms with Gasteiger partial charge < -0.3 is 4.74 Å². The molecule has 0 unspecified atom stereocenters. The molecule has 1 saturated heterocycles. The Morgan fingerprint density at radius 1 is 1.55 bits per heavy atom. The number of ether oxygens (including phenoxy) is 1. The van der Waals surface area contributed by atoms with Gasteiger partial charge in [-0.05, 0) is 17.7 Å². The summed E-state index contributed by atoms with van der Waals surface area (Å²) in [5.41, 5.74) is 1.19. The van der Waals surface area contributed by atoms with Crippen LogP contribution >= 0.6 is 27.5 Å². The van der Waals surface area contributed by atoms with Gasteiger partial charge >= 0.3 is 0 Å². The van der Waals surface area contributed by atoms with Crippen LogP contribution in [0.25, 0.3) is 0 Å². The maximum absolute atomic E-state index is 5.77. The fraction of sp³-hybridized carbons (Fsp3) is 0.250. The SMILES string of the molecule is Clc1ccc([C@@H]2CO2)c(Br)c1. The van der Waals surface area contributed by atoms with E-state index in [0.29, 0.717) is 6.10 Å². The quantitative estimate of drug-likeness (QED) is 0.679. The van der Waals surface area contributed by atoms with Gasteiger partial charge in [-0.25, -0.2) is 0 Å². The van der Waals surface area contributed by atoms with E-state index in [1.54, 1.807) is 0 Å². The van der Waals surface area contributed by atoms with Crippen molar-refractivity contribution in [1.29, 1.82) is 0 Å². The lowest BCUT2D eigenvalue weighted by Crippen LogP contribution is -1.81. The standard InChI is InChI=1S/C8H6BrClO/c9-7-3-5(10)1-2-6(7)8-4-11-8/h1-3,8H,4H2/t8-/m0/s1. The number of epoxide rings is 1. The Balaban J connectivity index is 2.39. The number of benzene rings is 1. The van der Waals surface area contributed by atoms with Crippen LogP contribution in [0.2, 0.25) is 5.02 Å². The zero-order valence-electron chi connectivity index (χ0n) is 5.68. The predicted octanol–water partition coefficient (Wildman–Crippen LogP) is 3.17. The largest absolute Gasteiger partial charge is 0.368 e. The number of halogens is 2. The van der Waals surface area contributed by atoms with Crippen molar-refractivity contribution in [2.45, 2.75) is 6.10 Å². The molecular formula is C8H6BrClO. The van der Waals surface area contributed by atoms with E-state index in [9.17, 15) is 0 Å². The monoisotopic (exact) mass is 232 g/mol. The molecule has 2 rings (SSSR count). The summed E-state index contributed by atoms with van der Waals surface area (Å²) >= 11 is 9.19. The van der Waals surface area contributed by atoms with Gasteiger partial charge in [0, 0.05) is 9.50 Å². The van der Waals surface area contributed by atoms with Gasteiger partial charge in [0.15, 0.2) is 0 Å². The Kier molecular flexibility index (Phi) is 1.91. The zero-order valence-corrected chi connectivity index (χ0v) is 8.02. The maximum atomic E-state index is 5.77. The third kappa shape index (κ3) is 1.58. The first-order chi connectivity index (χ1) is 5.27. The van der Waals surface area contributed by atoms with Crippen LogP contribution in [0.1, 0.15) is 11.7 Å². The molecule has 1 aliphatic rings. The number of hydrogen-bond donors (Lipinski definition) is 0. The number of hydrogen-bond acceptors (Lipinski definition) is 1. The molecule has 0 radical (unpaired) electrons. The minimum atomic E-state index is 0.293. The van der Waals surface area contributed by atoms with Crippen molar-refractivity contribution in [2.24, 2.45) is 0 Å². The van der Waals surface area contributed by atoms with Gasteiger partial charge in [0.25, 0.3) is 0 Å². The molecule has 58 valence electrons. The summed E-state index contributed by atoms with van der Waals surface area (Å²) in [7, 11) is 0. The first-order valence-corrected chi connectivity index (χ1v) is 4.51. The molecule has 0 bridgehead atoms. The second kappa shape index (κ2) is 2.77. The first-order valence-electron chi connectivity index (χ1n) is 3.34. The van der Waals surface area contributed by atoms with Crippen molar-refractivity contribution >= 4 is 27.5 Å². The fourth-order valence-corrected chi connectivity index (χ4v) is 1.93. The summed E-state index contributed by atoms with van der Waals surface area (Å²) in [5, 5.41) is 0.751. The molecule has 0 saturated carbocycles. The Bertz CT molecular complexity index is 283. The summed E-state index contributed by atoms with van der Waals surface area (Å²) in [6.45, 7) is 0.834. The summed E-state index contributed by atoms with van der Waals surface area (Å²) < 4.78 is 6.18. The van der Waals surface area contributed by atoms with Crippen LogP contribution in [-0.4, -0.2) is 6.61 Å². The van der Waals surface area contributed by atoms with Crippen molar-refractivity contribution in [3.05, 3.63) is 33.3 Å². The van der Waals surface area contributed by atoms with Gasteiger partial charge in [0.1, 0.15) is 6.10 Å². The van der Waals surface area contributed by atoms with E-state index < -0.39 is 0 Å². The highest BCUT2D eigenvalue weighted by Crippen LogP contribution is 2.35. The molecule has 1 fully saturated rings. The Hall–Kier alpha value is -0.0500. The highest BCUT2D eigenvalue weighted by molar-refractivity contribution is 9.10. The average Bonchev–Trinajstić information content (AvgIpc) is 2.70. The third-order valence-corrected chi connectivity index (χ3v) is 2.56. The molecule has 1 heterocycles. The van der Waals surface area contributed by atoms with Crippen LogP contribution in [0.5, 0.6) is 0 Å². The summed E-state index contributed by atoms with van der Waals surface area (Å²) in [6.07, 6.45) is 0.293. The van der Waals surface area contributed by atoms with Gasteiger partial charge in [0.05, 0.1) is 6.61 Å². The smallest absolute Gasteiger partial charge is 0.107 e. The van der Waals surface area contributed by atoms with Gasteiger partial charge in [-0.3, -0.25) is 0 Å². The summed E-state index contributed by atoms with van der Waals surface area (Å²) in [6, 6.07) is 5.76. The van der Waals surface area contributed by atoms with Crippen molar-refractivity contribution in [3.63, 3.8) is 0 Å². The molecule has 1 aromatic carbocycles. The average molecular weight is 233 g/mol. The zero-order chi connectivity index (χ0) is 7.84. The lowest BCUT2D eigenvalue weighted by atomic mass is 10.2. The Morgan fingerprint density at radius 3 is 2.82 bits per heavy atom. The van der Waals surface area contributed by atoms with Gasteiger partial charge in [-0.15, -0.1) is 0 Å². The van der Waals surface area contributed by atoms with E-state index in [-0.39, 0.29) is 0 Å². The van der Waals surface area contributed by atoms with Crippen molar-refractivity contribution in [1.82, 2.24) is 0 Å². The highest BCUT2D eigenvalue weighted by Gasteiger charge is 2.26. The number of rotatable bonds is 1. The molecule has 1 nitrogen and oxygen atoms in total. The fourth-order valence-electron chi connectivity index (χ4n) is 0.990. The van der Waals surface area contributed by atoms with Gasteiger partial charge in [-0.2, -0.15) is 0 Å². The molecular weight excluding hydrogens is 227 g/mol. The van der Waals surface area contributed by atoms with Crippen molar-refractivity contribution in [3.8, 4) is 0 Å². The van der Waals surface area contributed by atoms with E-state index in [1.807, 2.05) is 18.2 Å².